The van der Waals surface area contributed by atoms with E-state index >= 15 is 0 Å². The molecule has 0 aromatic rings. The first-order chi connectivity index (χ1) is 7.02. The van der Waals surface area contributed by atoms with Crippen LogP contribution in [0.15, 0.2) is 0 Å². The molecule has 88 valence electrons. The van der Waals surface area contributed by atoms with Crippen LogP contribution in [-0.2, 0) is 4.74 Å². The molecule has 0 amide bonds. The minimum Gasteiger partial charge on any atom is -0.381 e. The highest BCUT2D eigenvalue weighted by Crippen LogP contribution is 2.20. The van der Waals surface area contributed by atoms with Gasteiger partial charge in [-0.1, -0.05) is 20.3 Å². The molecule has 0 rings (SSSR count). The third kappa shape index (κ3) is 8.44. The summed E-state index contributed by atoms with van der Waals surface area (Å²) in [6.07, 6.45) is 4.38. The molecule has 0 aliphatic heterocycles. The molecular weight excluding hydrogens is 186 g/mol. The molecule has 2 nitrogen and oxygen atoms in total. The highest BCUT2D eigenvalue weighted by Gasteiger charge is 2.15. The van der Waals surface area contributed by atoms with E-state index in [1.807, 2.05) is 13.8 Å². The predicted octanol–water partition coefficient (Wildman–Crippen LogP) is 3.77. The second-order valence-corrected chi connectivity index (χ2v) is 5.07. The molecule has 0 aromatic heterocycles. The van der Waals surface area contributed by atoms with Crippen molar-refractivity contribution in [2.75, 3.05) is 13.2 Å². The molecule has 0 aromatic carbocycles. The number of hydrogen-bond acceptors (Lipinski definition) is 2. The molecule has 15 heavy (non-hydrogen) atoms. The number of hydrogen-bond donors (Lipinski definition) is 0. The Morgan fingerprint density at radius 2 is 2.07 bits per heavy atom. The Bertz CT molecular complexity index is 193. The van der Waals surface area contributed by atoms with E-state index in [2.05, 4.69) is 19.9 Å². The average Bonchev–Trinajstić information content (AvgIpc) is 2.17. The van der Waals surface area contributed by atoms with Crippen LogP contribution in [0.5, 0.6) is 0 Å². The van der Waals surface area contributed by atoms with E-state index in [1.165, 1.54) is 12.8 Å². The Labute approximate surface area is 94.6 Å². The summed E-state index contributed by atoms with van der Waals surface area (Å²) in [5, 5.41) is 8.82. The fourth-order valence-corrected chi connectivity index (χ4v) is 1.53. The number of rotatable bonds is 8. The first kappa shape index (κ1) is 14.5. The minimum absolute atomic E-state index is 0.196. The van der Waals surface area contributed by atoms with E-state index in [9.17, 15) is 0 Å². The van der Waals surface area contributed by atoms with Gasteiger partial charge in [-0.3, -0.25) is 0 Å². The maximum Gasteiger partial charge on any atom is 0.0683 e. The molecule has 0 heterocycles. The summed E-state index contributed by atoms with van der Waals surface area (Å²) in [6.45, 7) is 10.0. The van der Waals surface area contributed by atoms with Crippen LogP contribution in [0.3, 0.4) is 0 Å². The largest absolute Gasteiger partial charge is 0.381 e. The molecule has 0 saturated heterocycles. The Balaban J connectivity index is 3.37. The van der Waals surface area contributed by atoms with Crippen molar-refractivity contribution in [1.82, 2.24) is 0 Å². The average molecular weight is 211 g/mol. The van der Waals surface area contributed by atoms with Crippen LogP contribution in [0.4, 0.5) is 0 Å². The first-order valence-electron chi connectivity index (χ1n) is 6.01. The smallest absolute Gasteiger partial charge is 0.0683 e. The summed E-state index contributed by atoms with van der Waals surface area (Å²) in [5.41, 5.74) is -0.196. The second-order valence-electron chi connectivity index (χ2n) is 5.07. The molecule has 0 fully saturated rings. The van der Waals surface area contributed by atoms with Crippen molar-refractivity contribution in [3.8, 4) is 6.07 Å². The fraction of sp³-hybridized carbons (Fsp3) is 0.923. The maximum atomic E-state index is 8.82. The van der Waals surface area contributed by atoms with E-state index < -0.39 is 0 Å². The lowest BCUT2D eigenvalue weighted by Gasteiger charge is -2.15. The van der Waals surface area contributed by atoms with Gasteiger partial charge >= 0.3 is 0 Å². The Morgan fingerprint density at radius 3 is 2.60 bits per heavy atom. The molecule has 0 aliphatic carbocycles. The Morgan fingerprint density at radius 1 is 1.40 bits per heavy atom. The number of nitriles is 1. The van der Waals surface area contributed by atoms with Gasteiger partial charge in [0.25, 0.3) is 0 Å². The first-order valence-corrected chi connectivity index (χ1v) is 6.01. The van der Waals surface area contributed by atoms with E-state index in [-0.39, 0.29) is 5.41 Å². The van der Waals surface area contributed by atoms with E-state index in [1.54, 1.807) is 0 Å². The summed E-state index contributed by atoms with van der Waals surface area (Å²) in [4.78, 5) is 0. The lowest BCUT2D eigenvalue weighted by atomic mass is 9.90. The Hall–Kier alpha value is -0.550. The van der Waals surface area contributed by atoms with Crippen molar-refractivity contribution in [3.05, 3.63) is 0 Å². The van der Waals surface area contributed by atoms with Gasteiger partial charge in [-0.2, -0.15) is 5.26 Å². The van der Waals surface area contributed by atoms with Crippen LogP contribution in [0.1, 0.15) is 53.4 Å². The van der Waals surface area contributed by atoms with Gasteiger partial charge in [0.15, 0.2) is 0 Å². The lowest BCUT2D eigenvalue weighted by molar-refractivity contribution is 0.0948. The SMILES string of the molecule is CCCC(C)COCCCC(C)(C)C#N. The molecule has 0 N–H and O–H groups in total. The van der Waals surface area contributed by atoms with Gasteiger partial charge in [-0.05, 0) is 39.0 Å². The van der Waals surface area contributed by atoms with Gasteiger partial charge in [-0.25, -0.2) is 0 Å². The van der Waals surface area contributed by atoms with E-state index in [4.69, 9.17) is 10.00 Å². The molecule has 0 radical (unpaired) electrons. The normalized spacial score (nSPS) is 13.5. The summed E-state index contributed by atoms with van der Waals surface area (Å²) < 4.78 is 5.58. The highest BCUT2D eigenvalue weighted by molar-refractivity contribution is 4.91. The third-order valence-corrected chi connectivity index (χ3v) is 2.58. The van der Waals surface area contributed by atoms with Crippen LogP contribution >= 0.6 is 0 Å². The van der Waals surface area contributed by atoms with Gasteiger partial charge < -0.3 is 4.74 Å². The predicted molar refractivity (Wildman–Crippen MR) is 63.5 cm³/mol. The topological polar surface area (TPSA) is 33.0 Å². The zero-order chi connectivity index (χ0) is 11.7. The molecular formula is C13H25NO. The summed E-state index contributed by atoms with van der Waals surface area (Å²) in [7, 11) is 0. The number of nitrogens with zero attached hydrogens (tertiary/aromatic N) is 1. The van der Waals surface area contributed by atoms with Crippen molar-refractivity contribution in [1.29, 1.82) is 5.26 Å². The quantitative estimate of drug-likeness (QED) is 0.572. The monoisotopic (exact) mass is 211 g/mol. The van der Waals surface area contributed by atoms with Crippen molar-refractivity contribution >= 4 is 0 Å². The van der Waals surface area contributed by atoms with E-state index in [0.717, 1.165) is 26.1 Å². The maximum absolute atomic E-state index is 8.82. The Kier molecular flexibility index (Phi) is 7.42. The number of ether oxygens (including phenoxy) is 1. The van der Waals surface area contributed by atoms with E-state index in [0.29, 0.717) is 5.92 Å². The van der Waals surface area contributed by atoms with Crippen molar-refractivity contribution in [2.45, 2.75) is 53.4 Å². The second kappa shape index (κ2) is 7.70. The summed E-state index contributed by atoms with van der Waals surface area (Å²) >= 11 is 0. The van der Waals surface area contributed by atoms with Crippen molar-refractivity contribution < 1.29 is 4.74 Å². The van der Waals surface area contributed by atoms with Crippen LogP contribution in [0.2, 0.25) is 0 Å². The molecule has 2 heteroatoms. The van der Waals surface area contributed by atoms with Gasteiger partial charge in [0.05, 0.1) is 11.5 Å². The lowest BCUT2D eigenvalue weighted by Crippen LogP contribution is -2.11. The molecule has 0 bridgehead atoms. The van der Waals surface area contributed by atoms with Crippen LogP contribution in [0.25, 0.3) is 0 Å². The third-order valence-electron chi connectivity index (χ3n) is 2.58. The zero-order valence-corrected chi connectivity index (χ0v) is 10.7. The standard InChI is InChI=1S/C13H25NO/c1-5-7-12(2)10-15-9-6-8-13(3,4)11-14/h12H,5-10H2,1-4H3. The van der Waals surface area contributed by atoms with Gasteiger partial charge in [0.2, 0.25) is 0 Å². The fourth-order valence-electron chi connectivity index (χ4n) is 1.53. The van der Waals surface area contributed by atoms with Crippen LogP contribution < -0.4 is 0 Å². The van der Waals surface area contributed by atoms with Crippen LogP contribution in [0, 0.1) is 22.7 Å². The van der Waals surface area contributed by atoms with Gasteiger partial charge in [0, 0.05) is 13.2 Å². The molecule has 0 saturated carbocycles. The van der Waals surface area contributed by atoms with Crippen LogP contribution in [-0.4, -0.2) is 13.2 Å². The van der Waals surface area contributed by atoms with Gasteiger partial charge in [-0.15, -0.1) is 0 Å². The minimum atomic E-state index is -0.196. The highest BCUT2D eigenvalue weighted by atomic mass is 16.5. The molecule has 1 unspecified atom stereocenters. The molecule has 1 atom stereocenters. The molecule has 0 spiro atoms. The van der Waals surface area contributed by atoms with Crippen molar-refractivity contribution in [2.24, 2.45) is 11.3 Å². The zero-order valence-electron chi connectivity index (χ0n) is 10.7. The van der Waals surface area contributed by atoms with Crippen molar-refractivity contribution in [3.63, 3.8) is 0 Å². The summed E-state index contributed by atoms with van der Waals surface area (Å²) in [6, 6.07) is 2.31. The molecule has 0 aliphatic rings. The van der Waals surface area contributed by atoms with Gasteiger partial charge in [0.1, 0.15) is 0 Å². The summed E-state index contributed by atoms with van der Waals surface area (Å²) in [5.74, 6) is 0.666.